The van der Waals surface area contributed by atoms with Crippen molar-refractivity contribution in [1.82, 2.24) is 8.87 Å². The van der Waals surface area contributed by atoms with Crippen molar-refractivity contribution in [1.29, 1.82) is 0 Å². The summed E-state index contributed by atoms with van der Waals surface area (Å²) in [6.45, 7) is 2.79. The van der Waals surface area contributed by atoms with Crippen LogP contribution >= 0.6 is 11.3 Å². The van der Waals surface area contributed by atoms with Gasteiger partial charge in [0.2, 0.25) is 10.0 Å². The van der Waals surface area contributed by atoms with E-state index in [4.69, 9.17) is 9.47 Å². The van der Waals surface area contributed by atoms with Gasteiger partial charge in [0.1, 0.15) is 0 Å². The van der Waals surface area contributed by atoms with Crippen molar-refractivity contribution < 1.29 is 17.9 Å². The smallest absolute Gasteiger partial charge is 0.308 e. The van der Waals surface area contributed by atoms with Crippen LogP contribution in [0.3, 0.4) is 0 Å². The zero-order valence-electron chi connectivity index (χ0n) is 16.8. The number of hydrogen-bond acceptors (Lipinski definition) is 6. The van der Waals surface area contributed by atoms with Crippen LogP contribution in [0.1, 0.15) is 18.9 Å². The summed E-state index contributed by atoms with van der Waals surface area (Å²) in [6, 6.07) is 10.1. The van der Waals surface area contributed by atoms with E-state index in [1.165, 1.54) is 18.5 Å². The predicted octanol–water partition coefficient (Wildman–Crippen LogP) is 3.31. The molecular weight excluding hydrogens is 412 g/mol. The Kier molecular flexibility index (Phi) is 6.30. The Labute approximate surface area is 174 Å². The van der Waals surface area contributed by atoms with Gasteiger partial charge in [-0.25, -0.2) is 8.42 Å². The lowest BCUT2D eigenvalue weighted by Crippen LogP contribution is -2.26. The predicted molar refractivity (Wildman–Crippen MR) is 115 cm³/mol. The maximum absolute atomic E-state index is 13.1. The van der Waals surface area contributed by atoms with Gasteiger partial charge < -0.3 is 9.47 Å². The monoisotopic (exact) mass is 436 g/mol. The molecule has 29 heavy (non-hydrogen) atoms. The molecule has 0 saturated heterocycles. The van der Waals surface area contributed by atoms with E-state index in [0.29, 0.717) is 22.7 Å². The van der Waals surface area contributed by atoms with Crippen molar-refractivity contribution in [3.05, 3.63) is 51.6 Å². The average Bonchev–Trinajstić information content (AvgIpc) is 3.02. The van der Waals surface area contributed by atoms with Crippen LogP contribution in [-0.4, -0.2) is 38.6 Å². The molecule has 2 aromatic carbocycles. The van der Waals surface area contributed by atoms with Gasteiger partial charge in [-0.1, -0.05) is 24.3 Å². The molecule has 3 aromatic rings. The molecule has 0 radical (unpaired) electrons. The molecule has 9 heteroatoms. The highest BCUT2D eigenvalue weighted by Gasteiger charge is 2.22. The lowest BCUT2D eigenvalue weighted by molar-refractivity contribution is 0.354. The van der Waals surface area contributed by atoms with Crippen molar-refractivity contribution in [3.8, 4) is 11.5 Å². The van der Waals surface area contributed by atoms with Crippen LogP contribution in [-0.2, 0) is 23.1 Å². The first-order valence-corrected chi connectivity index (χ1v) is 11.4. The van der Waals surface area contributed by atoms with Crippen molar-refractivity contribution in [2.24, 2.45) is 0 Å². The molecule has 156 valence electrons. The van der Waals surface area contributed by atoms with Gasteiger partial charge in [-0.15, -0.1) is 0 Å². The van der Waals surface area contributed by atoms with E-state index in [0.717, 1.165) is 28.8 Å². The van der Waals surface area contributed by atoms with Gasteiger partial charge in [0.25, 0.3) is 0 Å². The van der Waals surface area contributed by atoms with Gasteiger partial charge in [0.05, 0.1) is 29.3 Å². The number of nitrogens with zero attached hydrogens (tertiary/aromatic N) is 2. The molecular formula is C20H24N2O5S2. The molecule has 1 heterocycles. The molecule has 0 aliphatic carbocycles. The lowest BCUT2D eigenvalue weighted by atomic mass is 10.2. The standard InChI is InChI=1S/C20H24N2O5S2/c1-5-10-22-16-8-7-15(12-19(16)28-20(22)23)29(24,25)21(2)13-14-6-9-17(26-3)18(11-14)27-4/h6-9,11-12H,5,10,13H2,1-4H3. The molecule has 0 amide bonds. The van der Waals surface area contributed by atoms with Crippen LogP contribution < -0.4 is 14.3 Å². The summed E-state index contributed by atoms with van der Waals surface area (Å²) in [4.78, 5) is 12.3. The molecule has 1 aromatic heterocycles. The van der Waals surface area contributed by atoms with E-state index in [1.54, 1.807) is 48.1 Å². The van der Waals surface area contributed by atoms with Gasteiger partial charge in [0, 0.05) is 20.1 Å². The quantitative estimate of drug-likeness (QED) is 0.541. The molecule has 0 spiro atoms. The molecule has 0 saturated carbocycles. The normalized spacial score (nSPS) is 11.9. The number of fused-ring (bicyclic) bond motifs is 1. The van der Waals surface area contributed by atoms with Crippen molar-refractivity contribution in [2.75, 3.05) is 21.3 Å². The van der Waals surface area contributed by atoms with Crippen LogP contribution in [0.25, 0.3) is 10.2 Å². The summed E-state index contributed by atoms with van der Waals surface area (Å²) in [5, 5.41) is 0. The third kappa shape index (κ3) is 4.17. The zero-order chi connectivity index (χ0) is 21.2. The molecule has 0 aliphatic rings. The highest BCUT2D eigenvalue weighted by Crippen LogP contribution is 2.29. The minimum Gasteiger partial charge on any atom is -0.493 e. The number of ether oxygens (including phenoxy) is 2. The number of rotatable bonds is 8. The molecule has 3 rings (SSSR count). The van der Waals surface area contributed by atoms with Gasteiger partial charge >= 0.3 is 4.87 Å². The molecule has 0 aliphatic heterocycles. The fourth-order valence-electron chi connectivity index (χ4n) is 3.14. The maximum atomic E-state index is 13.1. The van der Waals surface area contributed by atoms with E-state index in [-0.39, 0.29) is 16.3 Å². The zero-order valence-corrected chi connectivity index (χ0v) is 18.5. The van der Waals surface area contributed by atoms with E-state index in [9.17, 15) is 13.2 Å². The Morgan fingerprint density at radius 2 is 1.79 bits per heavy atom. The third-order valence-corrected chi connectivity index (χ3v) is 7.39. The Morgan fingerprint density at radius 3 is 2.45 bits per heavy atom. The highest BCUT2D eigenvalue weighted by molar-refractivity contribution is 7.89. The van der Waals surface area contributed by atoms with Crippen molar-refractivity contribution in [2.45, 2.75) is 31.3 Å². The SMILES string of the molecule is CCCn1c(=O)sc2cc(S(=O)(=O)N(C)Cc3ccc(OC)c(OC)c3)ccc21. The first-order valence-electron chi connectivity index (χ1n) is 9.12. The second kappa shape index (κ2) is 8.56. The molecule has 0 N–H and O–H groups in total. The summed E-state index contributed by atoms with van der Waals surface area (Å²) >= 11 is 1.07. The number of methoxy groups -OCH3 is 2. The Balaban J connectivity index is 1.91. The number of hydrogen-bond donors (Lipinski definition) is 0. The summed E-state index contributed by atoms with van der Waals surface area (Å²) in [7, 11) is 0.889. The number of thiazole rings is 1. The molecule has 7 nitrogen and oxygen atoms in total. The molecule has 0 unspecified atom stereocenters. The van der Waals surface area contributed by atoms with Gasteiger partial charge in [0.15, 0.2) is 11.5 Å². The number of sulfonamides is 1. The van der Waals surface area contributed by atoms with Crippen LogP contribution in [0.2, 0.25) is 0 Å². The lowest BCUT2D eigenvalue weighted by Gasteiger charge is -2.18. The Hall–Kier alpha value is -2.36. The largest absolute Gasteiger partial charge is 0.493 e. The topological polar surface area (TPSA) is 77.8 Å². The fraction of sp³-hybridized carbons (Fsp3) is 0.350. The average molecular weight is 437 g/mol. The van der Waals surface area contributed by atoms with Gasteiger partial charge in [-0.3, -0.25) is 9.36 Å². The minimum absolute atomic E-state index is 0.0740. The first-order chi connectivity index (χ1) is 13.8. The van der Waals surface area contributed by atoms with Crippen molar-refractivity contribution >= 4 is 31.6 Å². The van der Waals surface area contributed by atoms with E-state index in [1.807, 2.05) is 6.92 Å². The Bertz CT molecular complexity index is 1180. The molecule has 0 bridgehead atoms. The maximum Gasteiger partial charge on any atom is 0.308 e. The summed E-state index contributed by atoms with van der Waals surface area (Å²) in [5.41, 5.74) is 1.54. The van der Waals surface area contributed by atoms with Crippen LogP contribution in [0.15, 0.2) is 46.1 Å². The fourth-order valence-corrected chi connectivity index (χ4v) is 5.36. The minimum atomic E-state index is -3.72. The second-order valence-corrected chi connectivity index (χ2v) is 9.64. The highest BCUT2D eigenvalue weighted by atomic mass is 32.2. The third-order valence-electron chi connectivity index (χ3n) is 4.65. The van der Waals surface area contributed by atoms with Crippen LogP contribution in [0.5, 0.6) is 11.5 Å². The van der Waals surface area contributed by atoms with Gasteiger partial charge in [-0.05, 0) is 42.3 Å². The van der Waals surface area contributed by atoms with E-state index in [2.05, 4.69) is 0 Å². The summed E-state index contributed by atoms with van der Waals surface area (Å²) in [5.74, 6) is 1.12. The Morgan fingerprint density at radius 1 is 1.07 bits per heavy atom. The van der Waals surface area contributed by atoms with Gasteiger partial charge in [-0.2, -0.15) is 4.31 Å². The van der Waals surface area contributed by atoms with Crippen LogP contribution in [0.4, 0.5) is 0 Å². The summed E-state index contributed by atoms with van der Waals surface area (Å²) < 4.78 is 40.3. The number of benzene rings is 2. The molecule has 0 atom stereocenters. The summed E-state index contributed by atoms with van der Waals surface area (Å²) in [6.07, 6.45) is 0.833. The van der Waals surface area contributed by atoms with Crippen LogP contribution in [0, 0.1) is 0 Å². The van der Waals surface area contributed by atoms with Crippen molar-refractivity contribution in [3.63, 3.8) is 0 Å². The number of aromatic nitrogens is 1. The second-order valence-electron chi connectivity index (χ2n) is 6.60. The molecule has 0 fully saturated rings. The first kappa shape index (κ1) is 21.4. The number of aryl methyl sites for hydroxylation is 1. The van der Waals surface area contributed by atoms with E-state index < -0.39 is 10.0 Å². The van der Waals surface area contributed by atoms with E-state index >= 15 is 0 Å².